The molecule has 0 saturated heterocycles. The molecule has 5 heteroatoms. The fourth-order valence-electron chi connectivity index (χ4n) is 1.71. The minimum absolute atomic E-state index is 0.0311. The van der Waals surface area contributed by atoms with Crippen LogP contribution in [-0.4, -0.2) is 16.2 Å². The average molecular weight is 259 g/mol. The maximum absolute atomic E-state index is 11.6. The molecule has 0 bridgehead atoms. The number of nitrogen functional groups attached to an aromatic ring is 1. The molecule has 0 amide bonds. The minimum Gasteiger partial charge on any atom is -0.493 e. The van der Waals surface area contributed by atoms with Gasteiger partial charge in [-0.1, -0.05) is 6.07 Å². The SMILES string of the molecule is Cc1cc(=O)n(CCCOc2cccc(N)c2)cn1. The molecule has 100 valence electrons. The monoisotopic (exact) mass is 259 g/mol. The van der Waals surface area contributed by atoms with Gasteiger partial charge < -0.3 is 10.5 Å². The summed E-state index contributed by atoms with van der Waals surface area (Å²) in [5.41, 5.74) is 7.03. The molecule has 1 heterocycles. The number of nitrogens with zero attached hydrogens (tertiary/aromatic N) is 2. The predicted molar refractivity (Wildman–Crippen MR) is 74.2 cm³/mol. The van der Waals surface area contributed by atoms with Gasteiger partial charge in [0.15, 0.2) is 0 Å². The first-order valence-corrected chi connectivity index (χ1v) is 6.16. The van der Waals surface area contributed by atoms with Gasteiger partial charge in [-0.05, 0) is 25.5 Å². The number of anilines is 1. The molecule has 1 aromatic carbocycles. The van der Waals surface area contributed by atoms with Crippen molar-refractivity contribution in [1.82, 2.24) is 9.55 Å². The van der Waals surface area contributed by atoms with Crippen molar-refractivity contribution in [2.24, 2.45) is 0 Å². The first-order valence-electron chi connectivity index (χ1n) is 6.16. The Balaban J connectivity index is 1.82. The summed E-state index contributed by atoms with van der Waals surface area (Å²) in [6.45, 7) is 2.92. The van der Waals surface area contributed by atoms with E-state index in [1.54, 1.807) is 23.9 Å². The van der Waals surface area contributed by atoms with Crippen LogP contribution in [0.3, 0.4) is 0 Å². The highest BCUT2D eigenvalue weighted by Crippen LogP contribution is 2.14. The predicted octanol–water partition coefficient (Wildman–Crippen LogP) is 1.60. The molecule has 0 spiro atoms. The van der Waals surface area contributed by atoms with E-state index in [1.807, 2.05) is 18.2 Å². The van der Waals surface area contributed by atoms with Crippen molar-refractivity contribution < 1.29 is 4.74 Å². The lowest BCUT2D eigenvalue weighted by atomic mass is 10.3. The lowest BCUT2D eigenvalue weighted by molar-refractivity contribution is 0.300. The van der Waals surface area contributed by atoms with Crippen LogP contribution >= 0.6 is 0 Å². The fourth-order valence-corrected chi connectivity index (χ4v) is 1.71. The van der Waals surface area contributed by atoms with Gasteiger partial charge in [0.05, 0.1) is 12.9 Å². The van der Waals surface area contributed by atoms with E-state index in [0.717, 1.165) is 17.9 Å². The van der Waals surface area contributed by atoms with E-state index in [0.29, 0.717) is 18.8 Å². The van der Waals surface area contributed by atoms with Crippen LogP contribution in [0, 0.1) is 6.92 Å². The third kappa shape index (κ3) is 3.84. The van der Waals surface area contributed by atoms with Gasteiger partial charge in [-0.25, -0.2) is 4.98 Å². The Bertz CT molecular complexity index is 608. The molecule has 0 aliphatic carbocycles. The molecule has 0 aliphatic heterocycles. The van der Waals surface area contributed by atoms with E-state index in [2.05, 4.69) is 4.98 Å². The lowest BCUT2D eigenvalue weighted by Gasteiger charge is -2.08. The molecule has 2 aromatic rings. The zero-order valence-corrected chi connectivity index (χ0v) is 10.9. The number of benzene rings is 1. The number of aryl methyl sites for hydroxylation is 2. The maximum atomic E-state index is 11.6. The fraction of sp³-hybridized carbons (Fsp3) is 0.286. The number of hydrogen-bond donors (Lipinski definition) is 1. The molecular weight excluding hydrogens is 242 g/mol. The normalized spacial score (nSPS) is 10.4. The summed E-state index contributed by atoms with van der Waals surface area (Å²) in [6.07, 6.45) is 2.30. The summed E-state index contributed by atoms with van der Waals surface area (Å²) in [7, 11) is 0. The quantitative estimate of drug-likeness (QED) is 0.654. The molecule has 1 aromatic heterocycles. The molecule has 0 atom stereocenters. The second-order valence-corrected chi connectivity index (χ2v) is 4.34. The van der Waals surface area contributed by atoms with Crippen molar-refractivity contribution in [2.45, 2.75) is 19.9 Å². The van der Waals surface area contributed by atoms with Crippen molar-refractivity contribution in [3.63, 3.8) is 0 Å². The summed E-state index contributed by atoms with van der Waals surface area (Å²) < 4.78 is 7.14. The highest BCUT2D eigenvalue weighted by Gasteiger charge is 1.98. The Hall–Kier alpha value is -2.30. The first-order chi connectivity index (χ1) is 9.15. The molecule has 2 rings (SSSR count). The number of rotatable bonds is 5. The van der Waals surface area contributed by atoms with Crippen LogP contribution < -0.4 is 16.0 Å². The van der Waals surface area contributed by atoms with Gasteiger partial charge in [0, 0.05) is 30.1 Å². The van der Waals surface area contributed by atoms with Crippen LogP contribution in [0.1, 0.15) is 12.1 Å². The van der Waals surface area contributed by atoms with E-state index in [1.165, 1.54) is 6.07 Å². The van der Waals surface area contributed by atoms with E-state index in [4.69, 9.17) is 10.5 Å². The van der Waals surface area contributed by atoms with Crippen LogP contribution in [0.4, 0.5) is 5.69 Å². The second-order valence-electron chi connectivity index (χ2n) is 4.34. The van der Waals surface area contributed by atoms with Gasteiger partial charge in [0.25, 0.3) is 5.56 Å². The van der Waals surface area contributed by atoms with Gasteiger partial charge in [0.2, 0.25) is 0 Å². The number of aromatic nitrogens is 2. The Morgan fingerprint density at radius 1 is 1.37 bits per heavy atom. The van der Waals surface area contributed by atoms with Crippen molar-refractivity contribution in [1.29, 1.82) is 0 Å². The smallest absolute Gasteiger partial charge is 0.253 e. The maximum Gasteiger partial charge on any atom is 0.253 e. The van der Waals surface area contributed by atoms with Crippen LogP contribution in [0.2, 0.25) is 0 Å². The van der Waals surface area contributed by atoms with E-state index < -0.39 is 0 Å². The molecule has 2 N–H and O–H groups in total. The van der Waals surface area contributed by atoms with Gasteiger partial charge >= 0.3 is 0 Å². The van der Waals surface area contributed by atoms with Crippen molar-refractivity contribution in [3.8, 4) is 5.75 Å². The summed E-state index contributed by atoms with van der Waals surface area (Å²) in [6, 6.07) is 8.82. The zero-order valence-electron chi connectivity index (χ0n) is 10.9. The van der Waals surface area contributed by atoms with Crippen LogP contribution in [0.25, 0.3) is 0 Å². The Kier molecular flexibility index (Phi) is 4.18. The van der Waals surface area contributed by atoms with Gasteiger partial charge in [-0.3, -0.25) is 9.36 Å². The van der Waals surface area contributed by atoms with E-state index in [9.17, 15) is 4.79 Å². The minimum atomic E-state index is -0.0311. The number of nitrogens with two attached hydrogens (primary N) is 1. The van der Waals surface area contributed by atoms with E-state index >= 15 is 0 Å². The molecule has 5 nitrogen and oxygen atoms in total. The topological polar surface area (TPSA) is 70.1 Å². The zero-order chi connectivity index (χ0) is 13.7. The van der Waals surface area contributed by atoms with Crippen LogP contribution in [0.15, 0.2) is 41.5 Å². The lowest BCUT2D eigenvalue weighted by Crippen LogP contribution is -2.21. The molecule has 0 radical (unpaired) electrons. The molecule has 0 saturated carbocycles. The second kappa shape index (κ2) is 6.04. The summed E-state index contributed by atoms with van der Waals surface area (Å²) in [5.74, 6) is 0.745. The average Bonchev–Trinajstić information content (AvgIpc) is 2.37. The molecule has 0 unspecified atom stereocenters. The largest absolute Gasteiger partial charge is 0.493 e. The molecule has 19 heavy (non-hydrogen) atoms. The molecule has 0 fully saturated rings. The third-order valence-corrected chi connectivity index (χ3v) is 2.69. The van der Waals surface area contributed by atoms with Crippen molar-refractivity contribution >= 4 is 5.69 Å². The van der Waals surface area contributed by atoms with Gasteiger partial charge in [-0.2, -0.15) is 0 Å². The summed E-state index contributed by atoms with van der Waals surface area (Å²) >= 11 is 0. The Morgan fingerprint density at radius 2 is 2.21 bits per heavy atom. The third-order valence-electron chi connectivity index (χ3n) is 2.69. The first kappa shape index (κ1) is 13.1. The number of hydrogen-bond acceptors (Lipinski definition) is 4. The Labute approximate surface area is 111 Å². The summed E-state index contributed by atoms with van der Waals surface area (Å²) in [5, 5.41) is 0. The van der Waals surface area contributed by atoms with E-state index in [-0.39, 0.29) is 5.56 Å². The molecule has 0 aliphatic rings. The van der Waals surface area contributed by atoms with Crippen molar-refractivity contribution in [3.05, 3.63) is 52.7 Å². The Morgan fingerprint density at radius 3 is 2.95 bits per heavy atom. The standard InChI is InChI=1S/C14H17N3O2/c1-11-8-14(18)17(10-16-11)6-3-7-19-13-5-2-4-12(15)9-13/h2,4-5,8-10H,3,6-7,15H2,1H3. The van der Waals surface area contributed by atoms with Crippen LogP contribution in [-0.2, 0) is 6.54 Å². The highest BCUT2D eigenvalue weighted by molar-refractivity contribution is 5.43. The highest BCUT2D eigenvalue weighted by atomic mass is 16.5. The van der Waals surface area contributed by atoms with Crippen LogP contribution in [0.5, 0.6) is 5.75 Å². The van der Waals surface area contributed by atoms with Crippen molar-refractivity contribution in [2.75, 3.05) is 12.3 Å². The summed E-state index contributed by atoms with van der Waals surface area (Å²) in [4.78, 5) is 15.7. The molecular formula is C14H17N3O2. The van der Waals surface area contributed by atoms with Gasteiger partial charge in [-0.15, -0.1) is 0 Å². The van der Waals surface area contributed by atoms with Gasteiger partial charge in [0.1, 0.15) is 5.75 Å². The number of ether oxygens (including phenoxy) is 1.